The number of carbonyl (C=O) groups excluding carboxylic acids is 1. The zero-order chi connectivity index (χ0) is 16.4. The fourth-order valence-electron chi connectivity index (χ4n) is 2.10. The Kier molecular flexibility index (Phi) is 4.42. The van der Waals surface area contributed by atoms with Crippen LogP contribution in [-0.4, -0.2) is 32.7 Å². The number of anilines is 1. The van der Waals surface area contributed by atoms with E-state index in [1.165, 1.54) is 11.8 Å². The molecule has 1 N–H and O–H groups in total. The van der Waals surface area contributed by atoms with Gasteiger partial charge in [-0.3, -0.25) is 4.79 Å². The topological polar surface area (TPSA) is 78.3 Å². The highest BCUT2D eigenvalue weighted by Gasteiger charge is 2.20. The van der Waals surface area contributed by atoms with E-state index in [1.54, 1.807) is 24.5 Å². The quantitative estimate of drug-likeness (QED) is 0.847. The molecule has 23 heavy (non-hydrogen) atoms. The Labute approximate surface area is 138 Å². The number of nitrogens with one attached hydrogen (secondary N) is 1. The number of fused-ring (bicyclic) bond motifs is 1. The zero-order valence-corrected chi connectivity index (χ0v) is 14.0. The predicted molar refractivity (Wildman–Crippen MR) is 86.9 cm³/mol. The van der Waals surface area contributed by atoms with Gasteiger partial charge in [-0.05, 0) is 32.9 Å². The molecule has 0 bridgehead atoms. The summed E-state index contributed by atoms with van der Waals surface area (Å²) in [5.74, 6) is 1.23. The molecule has 7 nitrogen and oxygen atoms in total. The SMILES string of the molecule is CC(C)n1cnnc1S[C@@H](C)C(=O)Nc1ccc2c(c1)OCO2. The first-order valence-electron chi connectivity index (χ1n) is 7.31. The number of hydrogen-bond donors (Lipinski definition) is 1. The van der Waals surface area contributed by atoms with Gasteiger partial charge in [0.25, 0.3) is 0 Å². The third-order valence-electron chi connectivity index (χ3n) is 3.39. The summed E-state index contributed by atoms with van der Waals surface area (Å²) in [6.45, 7) is 6.14. The smallest absolute Gasteiger partial charge is 0.237 e. The fraction of sp³-hybridized carbons (Fsp3) is 0.400. The molecule has 0 aliphatic carbocycles. The van der Waals surface area contributed by atoms with Crippen molar-refractivity contribution in [1.82, 2.24) is 14.8 Å². The Hall–Kier alpha value is -2.22. The first kappa shape index (κ1) is 15.7. The van der Waals surface area contributed by atoms with Crippen LogP contribution in [0, 0.1) is 0 Å². The van der Waals surface area contributed by atoms with Gasteiger partial charge < -0.3 is 19.4 Å². The lowest BCUT2D eigenvalue weighted by Crippen LogP contribution is -2.23. The molecule has 1 amide bonds. The molecule has 3 rings (SSSR count). The standard InChI is InChI=1S/C15H18N4O3S/c1-9(2)19-7-16-18-15(19)23-10(3)14(20)17-11-4-5-12-13(6-11)22-8-21-12/h4-7,9-10H,8H2,1-3H3,(H,17,20)/t10-/m0/s1. The number of benzene rings is 1. The van der Waals surface area contributed by atoms with E-state index in [0.717, 1.165) is 5.16 Å². The van der Waals surface area contributed by atoms with Crippen LogP contribution in [0.5, 0.6) is 11.5 Å². The van der Waals surface area contributed by atoms with Crippen molar-refractivity contribution < 1.29 is 14.3 Å². The van der Waals surface area contributed by atoms with Crippen molar-refractivity contribution in [2.45, 2.75) is 37.2 Å². The van der Waals surface area contributed by atoms with Crippen molar-refractivity contribution in [3.05, 3.63) is 24.5 Å². The minimum atomic E-state index is -0.304. The van der Waals surface area contributed by atoms with Gasteiger partial charge in [-0.15, -0.1) is 10.2 Å². The Bertz CT molecular complexity index is 716. The van der Waals surface area contributed by atoms with Crippen LogP contribution in [0.25, 0.3) is 0 Å². The highest BCUT2D eigenvalue weighted by atomic mass is 32.2. The summed E-state index contributed by atoms with van der Waals surface area (Å²) in [6, 6.07) is 5.58. The van der Waals surface area contributed by atoms with Crippen LogP contribution in [0.3, 0.4) is 0 Å². The van der Waals surface area contributed by atoms with E-state index in [9.17, 15) is 4.79 Å². The highest BCUT2D eigenvalue weighted by molar-refractivity contribution is 8.00. The van der Waals surface area contributed by atoms with Crippen molar-refractivity contribution in [3.63, 3.8) is 0 Å². The molecular formula is C15H18N4O3S. The normalized spacial score (nSPS) is 14.1. The zero-order valence-electron chi connectivity index (χ0n) is 13.1. The number of hydrogen-bond acceptors (Lipinski definition) is 6. The molecule has 1 aliphatic rings. The minimum Gasteiger partial charge on any atom is -0.454 e. The van der Waals surface area contributed by atoms with Gasteiger partial charge >= 0.3 is 0 Å². The van der Waals surface area contributed by atoms with Crippen LogP contribution in [0.15, 0.2) is 29.7 Å². The number of aromatic nitrogens is 3. The second kappa shape index (κ2) is 6.49. The highest BCUT2D eigenvalue weighted by Crippen LogP contribution is 2.34. The van der Waals surface area contributed by atoms with Gasteiger partial charge in [-0.25, -0.2) is 0 Å². The molecule has 0 unspecified atom stereocenters. The molecule has 2 heterocycles. The van der Waals surface area contributed by atoms with Gasteiger partial charge in [0.05, 0.1) is 5.25 Å². The maximum atomic E-state index is 12.4. The van der Waals surface area contributed by atoms with E-state index < -0.39 is 0 Å². The predicted octanol–water partition coefficient (Wildman–Crippen LogP) is 2.71. The van der Waals surface area contributed by atoms with Crippen molar-refractivity contribution in [2.75, 3.05) is 12.1 Å². The number of amides is 1. The van der Waals surface area contributed by atoms with Crippen LogP contribution in [0.2, 0.25) is 0 Å². The lowest BCUT2D eigenvalue weighted by Gasteiger charge is -2.14. The Morgan fingerprint density at radius 2 is 2.09 bits per heavy atom. The molecular weight excluding hydrogens is 316 g/mol. The van der Waals surface area contributed by atoms with Gasteiger partial charge in [0, 0.05) is 17.8 Å². The van der Waals surface area contributed by atoms with Crippen molar-refractivity contribution in [1.29, 1.82) is 0 Å². The summed E-state index contributed by atoms with van der Waals surface area (Å²) in [4.78, 5) is 12.4. The van der Waals surface area contributed by atoms with Gasteiger partial charge in [-0.2, -0.15) is 0 Å². The molecule has 0 saturated carbocycles. The summed E-state index contributed by atoms with van der Waals surface area (Å²) in [5.41, 5.74) is 0.678. The first-order valence-corrected chi connectivity index (χ1v) is 8.19. The van der Waals surface area contributed by atoms with Crippen LogP contribution in [0.1, 0.15) is 26.8 Å². The van der Waals surface area contributed by atoms with Crippen molar-refractivity contribution in [2.24, 2.45) is 0 Å². The van der Waals surface area contributed by atoms with E-state index >= 15 is 0 Å². The minimum absolute atomic E-state index is 0.104. The van der Waals surface area contributed by atoms with E-state index in [4.69, 9.17) is 9.47 Å². The molecule has 8 heteroatoms. The van der Waals surface area contributed by atoms with E-state index in [0.29, 0.717) is 17.2 Å². The van der Waals surface area contributed by atoms with Gasteiger partial charge in [0.1, 0.15) is 6.33 Å². The van der Waals surface area contributed by atoms with Gasteiger partial charge in [-0.1, -0.05) is 11.8 Å². The van der Waals surface area contributed by atoms with Crippen molar-refractivity contribution in [3.8, 4) is 11.5 Å². The molecule has 0 fully saturated rings. The average Bonchev–Trinajstić information content (AvgIpc) is 3.15. The van der Waals surface area contributed by atoms with Crippen LogP contribution in [0.4, 0.5) is 5.69 Å². The third kappa shape index (κ3) is 3.42. The number of thioether (sulfide) groups is 1. The molecule has 2 aromatic rings. The molecule has 1 atom stereocenters. The van der Waals surface area contributed by atoms with E-state index in [2.05, 4.69) is 15.5 Å². The van der Waals surface area contributed by atoms with Crippen LogP contribution < -0.4 is 14.8 Å². The maximum absolute atomic E-state index is 12.4. The van der Waals surface area contributed by atoms with Crippen molar-refractivity contribution >= 4 is 23.4 Å². The van der Waals surface area contributed by atoms with E-state index in [-0.39, 0.29) is 24.0 Å². The Morgan fingerprint density at radius 3 is 2.87 bits per heavy atom. The summed E-state index contributed by atoms with van der Waals surface area (Å²) >= 11 is 1.38. The fourth-order valence-corrected chi connectivity index (χ4v) is 3.06. The lowest BCUT2D eigenvalue weighted by molar-refractivity contribution is -0.115. The van der Waals surface area contributed by atoms with Gasteiger partial charge in [0.2, 0.25) is 12.7 Å². The number of nitrogens with zero attached hydrogens (tertiary/aromatic N) is 3. The monoisotopic (exact) mass is 334 g/mol. The van der Waals surface area contributed by atoms with Gasteiger partial charge in [0.15, 0.2) is 16.7 Å². The average molecular weight is 334 g/mol. The molecule has 0 saturated heterocycles. The summed E-state index contributed by atoms with van der Waals surface area (Å²) < 4.78 is 12.5. The van der Waals surface area contributed by atoms with E-state index in [1.807, 2.05) is 25.3 Å². The molecule has 1 aliphatic heterocycles. The third-order valence-corrected chi connectivity index (χ3v) is 4.46. The maximum Gasteiger partial charge on any atom is 0.237 e. The number of carbonyl (C=O) groups is 1. The molecule has 1 aromatic carbocycles. The summed E-state index contributed by atoms with van der Waals surface area (Å²) in [7, 11) is 0. The van der Waals surface area contributed by atoms with Crippen LogP contribution >= 0.6 is 11.8 Å². The van der Waals surface area contributed by atoms with Crippen LogP contribution in [-0.2, 0) is 4.79 Å². The largest absolute Gasteiger partial charge is 0.454 e. The molecule has 122 valence electrons. The molecule has 0 radical (unpaired) electrons. The lowest BCUT2D eigenvalue weighted by atomic mass is 10.2. The second-order valence-electron chi connectivity index (χ2n) is 5.43. The Morgan fingerprint density at radius 1 is 1.30 bits per heavy atom. The second-order valence-corrected chi connectivity index (χ2v) is 6.74. The molecule has 0 spiro atoms. The first-order chi connectivity index (χ1) is 11.0. The number of rotatable bonds is 5. The summed E-state index contributed by atoms with van der Waals surface area (Å²) in [6.07, 6.45) is 1.68. The Balaban J connectivity index is 1.64. The number of ether oxygens (including phenoxy) is 2. The molecule has 1 aromatic heterocycles. The summed E-state index contributed by atoms with van der Waals surface area (Å²) in [5, 5.41) is 11.3.